The van der Waals surface area contributed by atoms with E-state index in [0.717, 1.165) is 55.8 Å². The average Bonchev–Trinajstić information content (AvgIpc) is 3.21. The lowest BCUT2D eigenvalue weighted by molar-refractivity contribution is 0.152. The summed E-state index contributed by atoms with van der Waals surface area (Å²) < 4.78 is 14.0. The Morgan fingerprint density at radius 3 is 2.62 bits per heavy atom. The summed E-state index contributed by atoms with van der Waals surface area (Å²) in [5.74, 6) is 2.75. The quantitative estimate of drug-likeness (QED) is 0.294. The second-order valence-electron chi connectivity index (χ2n) is 9.10. The molecule has 3 aromatic rings. The highest BCUT2D eigenvalue weighted by Gasteiger charge is 2.15. The zero-order valence-electron chi connectivity index (χ0n) is 20.7. The number of aromatic nitrogens is 2. The fourth-order valence-corrected chi connectivity index (χ4v) is 4.63. The maximum atomic E-state index is 6.09. The van der Waals surface area contributed by atoms with Crippen LogP contribution in [0.25, 0.3) is 11.0 Å². The number of para-hydroxylation sites is 2. The third-order valence-corrected chi connectivity index (χ3v) is 6.60. The molecule has 34 heavy (non-hydrogen) atoms. The van der Waals surface area contributed by atoms with Crippen molar-refractivity contribution in [3.63, 3.8) is 0 Å². The van der Waals surface area contributed by atoms with Crippen molar-refractivity contribution in [3.8, 4) is 11.5 Å². The number of likely N-dealkylation sites (N-methyl/N-ethyl adjacent to an activating group) is 1. The first-order chi connectivity index (χ1) is 16.7. The number of piperazine rings is 1. The molecule has 1 aliphatic rings. The first-order valence-corrected chi connectivity index (χ1v) is 12.4. The molecule has 2 heterocycles. The van der Waals surface area contributed by atoms with Gasteiger partial charge in [0.2, 0.25) is 0 Å². The van der Waals surface area contributed by atoms with Gasteiger partial charge in [-0.25, -0.2) is 4.98 Å². The number of rotatable bonds is 12. The molecule has 1 aliphatic heterocycles. The van der Waals surface area contributed by atoms with E-state index >= 15 is 0 Å². The summed E-state index contributed by atoms with van der Waals surface area (Å²) in [6, 6.07) is 14.5. The van der Waals surface area contributed by atoms with E-state index in [1.54, 1.807) is 7.11 Å². The van der Waals surface area contributed by atoms with Crippen LogP contribution in [0.4, 0.5) is 0 Å². The van der Waals surface area contributed by atoms with E-state index in [-0.39, 0.29) is 0 Å². The van der Waals surface area contributed by atoms with Gasteiger partial charge in [0.1, 0.15) is 5.82 Å². The second kappa shape index (κ2) is 12.0. The van der Waals surface area contributed by atoms with Crippen LogP contribution in [-0.2, 0) is 19.4 Å². The SMILES string of the molecule is C=CCc1ccc(OCCCn2c(CCCN3CCN(C)CC3)nc3ccccc32)c(OC)c1. The van der Waals surface area contributed by atoms with Crippen molar-refractivity contribution in [2.45, 2.75) is 32.2 Å². The predicted molar refractivity (Wildman–Crippen MR) is 139 cm³/mol. The molecule has 4 rings (SSSR count). The highest BCUT2D eigenvalue weighted by Crippen LogP contribution is 2.28. The second-order valence-corrected chi connectivity index (χ2v) is 9.10. The number of benzene rings is 2. The minimum absolute atomic E-state index is 0.629. The zero-order chi connectivity index (χ0) is 23.8. The van der Waals surface area contributed by atoms with Gasteiger partial charge in [-0.05, 0) is 62.7 Å². The van der Waals surface area contributed by atoms with E-state index in [1.165, 1.54) is 43.1 Å². The van der Waals surface area contributed by atoms with Crippen molar-refractivity contribution >= 4 is 11.0 Å². The van der Waals surface area contributed by atoms with Crippen LogP contribution in [0.3, 0.4) is 0 Å². The molecule has 0 spiro atoms. The number of methoxy groups -OCH3 is 1. The van der Waals surface area contributed by atoms with Crippen LogP contribution in [0.5, 0.6) is 11.5 Å². The number of imidazole rings is 1. The van der Waals surface area contributed by atoms with Crippen LogP contribution in [-0.4, -0.2) is 72.8 Å². The van der Waals surface area contributed by atoms with Gasteiger partial charge < -0.3 is 23.8 Å². The van der Waals surface area contributed by atoms with Crippen molar-refractivity contribution in [1.82, 2.24) is 19.4 Å². The van der Waals surface area contributed by atoms with Crippen LogP contribution in [0, 0.1) is 0 Å². The van der Waals surface area contributed by atoms with Crippen molar-refractivity contribution in [2.75, 3.05) is 53.5 Å². The molecule has 1 aromatic heterocycles. The summed E-state index contributed by atoms with van der Waals surface area (Å²) in [4.78, 5) is 9.95. The lowest BCUT2D eigenvalue weighted by Crippen LogP contribution is -2.44. The van der Waals surface area contributed by atoms with Crippen molar-refractivity contribution < 1.29 is 9.47 Å². The summed E-state index contributed by atoms with van der Waals surface area (Å²) in [6.45, 7) is 11.1. The Morgan fingerprint density at radius 2 is 1.82 bits per heavy atom. The molecule has 6 nitrogen and oxygen atoms in total. The number of hydrogen-bond donors (Lipinski definition) is 0. The molecular formula is C28H38N4O2. The van der Waals surface area contributed by atoms with Crippen LogP contribution in [0.1, 0.15) is 24.2 Å². The highest BCUT2D eigenvalue weighted by molar-refractivity contribution is 5.75. The maximum absolute atomic E-state index is 6.09. The monoisotopic (exact) mass is 462 g/mol. The van der Waals surface area contributed by atoms with Gasteiger partial charge in [-0.2, -0.15) is 0 Å². The van der Waals surface area contributed by atoms with Gasteiger partial charge in [0.25, 0.3) is 0 Å². The van der Waals surface area contributed by atoms with Crippen LogP contribution in [0.15, 0.2) is 55.1 Å². The molecule has 6 heteroatoms. The average molecular weight is 463 g/mol. The third-order valence-electron chi connectivity index (χ3n) is 6.60. The van der Waals surface area contributed by atoms with Crippen LogP contribution >= 0.6 is 0 Å². The summed E-state index contributed by atoms with van der Waals surface area (Å²) in [5.41, 5.74) is 3.46. The van der Waals surface area contributed by atoms with Crippen molar-refractivity contribution in [1.29, 1.82) is 0 Å². The van der Waals surface area contributed by atoms with E-state index in [4.69, 9.17) is 14.5 Å². The molecule has 1 saturated heterocycles. The Morgan fingerprint density at radius 1 is 1.00 bits per heavy atom. The Kier molecular flexibility index (Phi) is 8.61. The van der Waals surface area contributed by atoms with E-state index in [9.17, 15) is 0 Å². The zero-order valence-corrected chi connectivity index (χ0v) is 20.7. The summed E-state index contributed by atoms with van der Waals surface area (Å²) in [7, 11) is 3.89. The Bertz CT molecular complexity index is 1070. The molecule has 0 amide bonds. The number of allylic oxidation sites excluding steroid dienone is 1. The molecule has 0 unspecified atom stereocenters. The topological polar surface area (TPSA) is 42.8 Å². The molecule has 0 atom stereocenters. The minimum Gasteiger partial charge on any atom is -0.493 e. The maximum Gasteiger partial charge on any atom is 0.161 e. The third kappa shape index (κ3) is 6.19. The van der Waals surface area contributed by atoms with Gasteiger partial charge in [0.05, 0.1) is 24.8 Å². The Hall–Kier alpha value is -2.83. The predicted octanol–water partition coefficient (Wildman–Crippen LogP) is 4.42. The minimum atomic E-state index is 0.629. The molecule has 2 aromatic carbocycles. The van der Waals surface area contributed by atoms with E-state index in [2.05, 4.69) is 58.3 Å². The molecule has 182 valence electrons. The van der Waals surface area contributed by atoms with Gasteiger partial charge in [-0.1, -0.05) is 24.3 Å². The van der Waals surface area contributed by atoms with Gasteiger partial charge in [-0.3, -0.25) is 0 Å². The molecule has 0 saturated carbocycles. The molecular weight excluding hydrogens is 424 g/mol. The first kappa shape index (κ1) is 24.3. The standard InChI is InChI=1S/C28H38N4O2/c1-4-9-23-13-14-26(27(22-23)33-3)34-21-8-16-32-25-11-6-5-10-24(25)29-28(32)12-7-15-31-19-17-30(2)18-20-31/h4-6,10-11,13-14,22H,1,7-9,12,15-21H2,2-3H3. The van der Waals surface area contributed by atoms with E-state index < -0.39 is 0 Å². The molecule has 0 aliphatic carbocycles. The summed E-state index contributed by atoms with van der Waals surface area (Å²) in [5, 5.41) is 0. The van der Waals surface area contributed by atoms with Crippen molar-refractivity contribution in [3.05, 3.63) is 66.5 Å². The van der Waals surface area contributed by atoms with Gasteiger partial charge in [-0.15, -0.1) is 6.58 Å². The normalized spacial score (nSPS) is 15.0. The number of hydrogen-bond acceptors (Lipinski definition) is 5. The first-order valence-electron chi connectivity index (χ1n) is 12.4. The fourth-order valence-electron chi connectivity index (χ4n) is 4.63. The molecule has 0 radical (unpaired) electrons. The number of nitrogens with zero attached hydrogens (tertiary/aromatic N) is 4. The number of fused-ring (bicyclic) bond motifs is 1. The Labute approximate surface area is 203 Å². The smallest absolute Gasteiger partial charge is 0.161 e. The van der Waals surface area contributed by atoms with E-state index in [0.29, 0.717) is 6.61 Å². The molecule has 1 fully saturated rings. The Balaban J connectivity index is 1.34. The van der Waals surface area contributed by atoms with Crippen LogP contribution in [0.2, 0.25) is 0 Å². The number of ether oxygens (including phenoxy) is 2. The van der Waals surface area contributed by atoms with Gasteiger partial charge in [0.15, 0.2) is 11.5 Å². The molecule has 0 bridgehead atoms. The van der Waals surface area contributed by atoms with Crippen LogP contribution < -0.4 is 9.47 Å². The fraction of sp³-hybridized carbons (Fsp3) is 0.464. The van der Waals surface area contributed by atoms with Gasteiger partial charge in [0, 0.05) is 39.1 Å². The van der Waals surface area contributed by atoms with Gasteiger partial charge >= 0.3 is 0 Å². The van der Waals surface area contributed by atoms with E-state index in [1.807, 2.05) is 18.2 Å². The highest BCUT2D eigenvalue weighted by atomic mass is 16.5. The lowest BCUT2D eigenvalue weighted by atomic mass is 10.1. The largest absolute Gasteiger partial charge is 0.493 e. The lowest BCUT2D eigenvalue weighted by Gasteiger charge is -2.32. The van der Waals surface area contributed by atoms with Crippen molar-refractivity contribution in [2.24, 2.45) is 0 Å². The summed E-state index contributed by atoms with van der Waals surface area (Å²) >= 11 is 0. The summed E-state index contributed by atoms with van der Waals surface area (Å²) in [6.07, 6.45) is 5.76. The molecule has 0 N–H and O–H groups in total. The number of aryl methyl sites for hydroxylation is 2.